The molecule has 0 N–H and O–H groups in total. The van der Waals surface area contributed by atoms with Crippen molar-refractivity contribution in [3.63, 3.8) is 0 Å². The molecule has 14 rings (SSSR count). The second kappa shape index (κ2) is 19.6. The zero-order valence-electron chi connectivity index (χ0n) is 50.8. The van der Waals surface area contributed by atoms with Gasteiger partial charge in [0, 0.05) is 49.8 Å². The summed E-state index contributed by atoms with van der Waals surface area (Å²) in [5.74, 6) is 1.87. The van der Waals surface area contributed by atoms with Crippen LogP contribution in [0.2, 0.25) is 0 Å². The van der Waals surface area contributed by atoms with E-state index < -0.39 is 0 Å². The molecule has 0 spiro atoms. The Morgan fingerprint density at radius 2 is 0.612 bits per heavy atom. The lowest BCUT2D eigenvalue weighted by molar-refractivity contribution is 0.590. The Balaban J connectivity index is 1.13. The fourth-order valence-electron chi connectivity index (χ4n) is 12.5. The Labute approximate surface area is 498 Å². The molecule has 14 aromatic rings. The summed E-state index contributed by atoms with van der Waals surface area (Å²) in [4.78, 5) is 20.5. The summed E-state index contributed by atoms with van der Waals surface area (Å²) in [7, 11) is 0. The van der Waals surface area contributed by atoms with Crippen molar-refractivity contribution in [1.82, 2.24) is 33.6 Å². The smallest absolute Gasteiger partial charge is 0.164 e. The van der Waals surface area contributed by atoms with Crippen LogP contribution in [-0.4, -0.2) is 33.6 Å². The van der Waals surface area contributed by atoms with Gasteiger partial charge in [-0.05, 0) is 134 Å². The van der Waals surface area contributed by atoms with E-state index in [-0.39, 0.29) is 21.7 Å². The first-order valence-electron chi connectivity index (χ1n) is 29.9. The van der Waals surface area contributed by atoms with Crippen LogP contribution in [-0.2, 0) is 21.7 Å². The highest BCUT2D eigenvalue weighted by Gasteiger charge is 2.29. The third kappa shape index (κ3) is 9.19. The van der Waals surface area contributed by atoms with E-state index in [0.717, 1.165) is 88.9 Å². The highest BCUT2D eigenvalue weighted by Crippen LogP contribution is 2.47. The Morgan fingerprint density at radius 1 is 0.271 bits per heavy atom. The number of hydrogen-bond donors (Lipinski definition) is 0. The molecule has 0 radical (unpaired) electrons. The normalized spacial score (nSPS) is 12.7. The number of nitrogens with zero attached hydrogens (tertiary/aromatic N) is 7. The minimum Gasteiger partial charge on any atom is -0.307 e. The molecule has 0 saturated carbocycles. The maximum atomic E-state index is 5.17. The first-order valence-corrected chi connectivity index (χ1v) is 29.9. The van der Waals surface area contributed by atoms with E-state index in [2.05, 4.69) is 267 Å². The molecule has 5 heterocycles. The molecule has 0 aliphatic heterocycles. The summed E-state index contributed by atoms with van der Waals surface area (Å²) in [5, 5.41) is 6.00. The number of pyridine rings is 1. The minimum absolute atomic E-state index is 0.0750. The van der Waals surface area contributed by atoms with Crippen LogP contribution in [0.1, 0.15) is 105 Å². The zero-order valence-corrected chi connectivity index (χ0v) is 50.8. The molecule has 5 aromatic heterocycles. The van der Waals surface area contributed by atoms with Crippen molar-refractivity contribution in [2.75, 3.05) is 0 Å². The Bertz CT molecular complexity index is 4530. The van der Waals surface area contributed by atoms with Gasteiger partial charge in [-0.15, -0.1) is 0 Å². The molecule has 0 unspecified atom stereocenters. The van der Waals surface area contributed by atoms with Gasteiger partial charge in [-0.25, -0.2) is 15.0 Å². The molecule has 418 valence electrons. The van der Waals surface area contributed by atoms with Crippen LogP contribution >= 0.6 is 0 Å². The zero-order chi connectivity index (χ0) is 58.9. The van der Waals surface area contributed by atoms with Crippen molar-refractivity contribution in [2.45, 2.75) is 105 Å². The minimum atomic E-state index is -0.0750. The molecule has 7 nitrogen and oxygen atoms in total. The van der Waals surface area contributed by atoms with E-state index in [1.807, 2.05) is 42.6 Å². The van der Waals surface area contributed by atoms with E-state index in [4.69, 9.17) is 19.9 Å². The third-order valence-corrected chi connectivity index (χ3v) is 17.4. The van der Waals surface area contributed by atoms with Crippen molar-refractivity contribution in [1.29, 1.82) is 0 Å². The quantitative estimate of drug-likeness (QED) is 0.159. The molecule has 0 bridgehead atoms. The van der Waals surface area contributed by atoms with Gasteiger partial charge in [-0.1, -0.05) is 210 Å². The summed E-state index contributed by atoms with van der Waals surface area (Å²) in [6, 6.07) is 75.8. The van der Waals surface area contributed by atoms with Crippen LogP contribution in [0.15, 0.2) is 212 Å². The lowest BCUT2D eigenvalue weighted by Crippen LogP contribution is -2.12. The van der Waals surface area contributed by atoms with E-state index in [1.165, 1.54) is 43.8 Å². The van der Waals surface area contributed by atoms with Crippen molar-refractivity contribution < 1.29 is 0 Å². The Kier molecular flexibility index (Phi) is 12.3. The summed E-state index contributed by atoms with van der Waals surface area (Å²) >= 11 is 0. The van der Waals surface area contributed by atoms with E-state index in [0.29, 0.717) is 17.5 Å². The maximum absolute atomic E-state index is 5.17. The van der Waals surface area contributed by atoms with E-state index in [9.17, 15) is 0 Å². The highest BCUT2D eigenvalue weighted by atomic mass is 15.1. The summed E-state index contributed by atoms with van der Waals surface area (Å²) < 4.78 is 7.61. The lowest BCUT2D eigenvalue weighted by Gasteiger charge is -2.24. The van der Waals surface area contributed by atoms with Crippen LogP contribution in [0.5, 0.6) is 0 Å². The molecule has 9 aromatic carbocycles. The van der Waals surface area contributed by atoms with E-state index in [1.54, 1.807) is 0 Å². The van der Waals surface area contributed by atoms with Gasteiger partial charge in [0.1, 0.15) is 0 Å². The molecular weight excluding hydrogens is 1030 g/mol. The predicted octanol–water partition coefficient (Wildman–Crippen LogP) is 20.4. The molecular formula is C78H71N7. The van der Waals surface area contributed by atoms with Crippen LogP contribution in [0.25, 0.3) is 128 Å². The molecule has 0 amide bonds. The molecule has 7 heteroatoms. The standard InChI is InChI=1S/C78H71N7/c1-75(2,3)53-33-37-63-58(44-53)59-45-54(76(4,5)6)34-38-64(59)83(63)68-42-52(48-29-31-51(32-30-48)74-81-72(49-22-15-13-16-23-49)80-73(82-74)50-24-17-14-18-25-50)43-69(71(68)85-62-27-20-19-26-57(62)70-67(85)28-21-41-79-70)84-65-39-35-55(77(7,8)9)46-60(65)61-47-56(78(10,11)12)36-40-66(61)84/h13-47H,1-12H3. The second-order valence-electron chi connectivity index (χ2n) is 27.3. The predicted molar refractivity (Wildman–Crippen MR) is 357 cm³/mol. The number of aromatic nitrogens is 7. The van der Waals surface area contributed by atoms with Crippen molar-refractivity contribution >= 4 is 65.5 Å². The molecule has 0 saturated heterocycles. The topological polar surface area (TPSA) is 66.3 Å². The lowest BCUT2D eigenvalue weighted by atomic mass is 9.85. The van der Waals surface area contributed by atoms with Gasteiger partial charge in [0.25, 0.3) is 0 Å². The Hall–Kier alpha value is -9.46. The largest absolute Gasteiger partial charge is 0.307 e. The summed E-state index contributed by atoms with van der Waals surface area (Å²) in [6.07, 6.45) is 1.93. The number of rotatable bonds is 7. The average molecular weight is 1110 g/mol. The average Bonchev–Trinajstić information content (AvgIpc) is 1.69. The Morgan fingerprint density at radius 3 is 1.01 bits per heavy atom. The van der Waals surface area contributed by atoms with Crippen LogP contribution in [0, 0.1) is 0 Å². The van der Waals surface area contributed by atoms with Gasteiger partial charge in [-0.3, -0.25) is 4.98 Å². The second-order valence-corrected chi connectivity index (χ2v) is 27.3. The maximum Gasteiger partial charge on any atom is 0.164 e. The summed E-state index contributed by atoms with van der Waals surface area (Å²) in [5.41, 5.74) is 20.5. The van der Waals surface area contributed by atoms with Crippen molar-refractivity contribution in [3.05, 3.63) is 235 Å². The fourth-order valence-corrected chi connectivity index (χ4v) is 12.5. The number of para-hydroxylation sites is 1. The van der Waals surface area contributed by atoms with Crippen molar-refractivity contribution in [2.24, 2.45) is 0 Å². The first-order chi connectivity index (χ1) is 40.7. The van der Waals surface area contributed by atoms with Crippen LogP contribution in [0.4, 0.5) is 0 Å². The van der Waals surface area contributed by atoms with Gasteiger partial charge in [0.2, 0.25) is 0 Å². The fraction of sp³-hybridized carbons (Fsp3) is 0.205. The molecule has 0 fully saturated rings. The van der Waals surface area contributed by atoms with Gasteiger partial charge in [0.15, 0.2) is 17.5 Å². The third-order valence-electron chi connectivity index (χ3n) is 17.4. The number of hydrogen-bond acceptors (Lipinski definition) is 4. The van der Waals surface area contributed by atoms with E-state index >= 15 is 0 Å². The highest BCUT2D eigenvalue weighted by molar-refractivity contribution is 6.14. The molecule has 0 atom stereocenters. The summed E-state index contributed by atoms with van der Waals surface area (Å²) in [6.45, 7) is 27.8. The molecule has 0 aliphatic carbocycles. The van der Waals surface area contributed by atoms with Crippen molar-refractivity contribution in [3.8, 4) is 62.4 Å². The van der Waals surface area contributed by atoms with Crippen LogP contribution in [0.3, 0.4) is 0 Å². The van der Waals surface area contributed by atoms with Gasteiger partial charge in [0.05, 0.1) is 55.7 Å². The van der Waals surface area contributed by atoms with Gasteiger partial charge in [-0.2, -0.15) is 0 Å². The van der Waals surface area contributed by atoms with Crippen LogP contribution < -0.4 is 0 Å². The number of fused-ring (bicyclic) bond motifs is 9. The van der Waals surface area contributed by atoms with Gasteiger partial charge >= 0.3 is 0 Å². The molecule has 0 aliphatic rings. The first kappa shape index (κ1) is 53.5. The van der Waals surface area contributed by atoms with Gasteiger partial charge < -0.3 is 13.7 Å². The molecule has 85 heavy (non-hydrogen) atoms. The monoisotopic (exact) mass is 1110 g/mol. The number of benzene rings is 9. The SMILES string of the molecule is CC(C)(C)c1ccc2c(c1)c1cc(C(C)(C)C)ccc1n2-c1cc(-c2ccc(-c3nc(-c4ccccc4)nc(-c4ccccc4)n3)cc2)cc(-n2c3ccc(C(C)(C)C)cc3c3cc(C(C)(C)C)ccc32)c1-n1c2ccccc2c2ncccc21.